The summed E-state index contributed by atoms with van der Waals surface area (Å²) in [5, 5.41) is 5.67. The molecule has 1 fully saturated rings. The van der Waals surface area contributed by atoms with E-state index in [1.807, 2.05) is 47.4 Å². The molecule has 188 valence electrons. The Morgan fingerprint density at radius 1 is 0.919 bits per heavy atom. The number of rotatable bonds is 6. The SMILES string of the molecule is CC(=O)Nc1ccc(NC(=O)C2CCN(c3nc4cccnc4n(Cc4ccccc4)c3=O)CC2)cc1. The summed E-state index contributed by atoms with van der Waals surface area (Å²) in [6.45, 7) is 2.96. The lowest BCUT2D eigenvalue weighted by Gasteiger charge is -2.32. The van der Waals surface area contributed by atoms with Crippen LogP contribution in [0.4, 0.5) is 17.2 Å². The minimum absolute atomic E-state index is 0.0518. The van der Waals surface area contributed by atoms with Crippen molar-refractivity contribution in [1.29, 1.82) is 0 Å². The zero-order valence-electron chi connectivity index (χ0n) is 20.6. The maximum Gasteiger partial charge on any atom is 0.295 e. The fraction of sp³-hybridized carbons (Fsp3) is 0.250. The van der Waals surface area contributed by atoms with Gasteiger partial charge in [-0.05, 0) is 54.8 Å². The zero-order valence-corrected chi connectivity index (χ0v) is 20.6. The normalized spacial score (nSPS) is 13.9. The van der Waals surface area contributed by atoms with Gasteiger partial charge in [-0.1, -0.05) is 30.3 Å². The van der Waals surface area contributed by atoms with Crippen molar-refractivity contribution in [2.75, 3.05) is 28.6 Å². The van der Waals surface area contributed by atoms with Gasteiger partial charge in [0.05, 0.1) is 6.54 Å². The summed E-state index contributed by atoms with van der Waals surface area (Å²) in [6.07, 6.45) is 2.89. The van der Waals surface area contributed by atoms with Gasteiger partial charge in [-0.2, -0.15) is 0 Å². The number of aromatic nitrogens is 3. The van der Waals surface area contributed by atoms with Crippen LogP contribution in [0.2, 0.25) is 0 Å². The van der Waals surface area contributed by atoms with E-state index in [2.05, 4.69) is 20.6 Å². The molecule has 0 bridgehead atoms. The number of piperidine rings is 1. The van der Waals surface area contributed by atoms with Gasteiger partial charge in [0.25, 0.3) is 5.56 Å². The quantitative estimate of drug-likeness (QED) is 0.422. The Morgan fingerprint density at radius 3 is 2.27 bits per heavy atom. The molecule has 0 saturated carbocycles. The number of fused-ring (bicyclic) bond motifs is 1. The predicted octanol–water partition coefficient (Wildman–Crippen LogP) is 3.65. The van der Waals surface area contributed by atoms with Crippen molar-refractivity contribution < 1.29 is 9.59 Å². The van der Waals surface area contributed by atoms with E-state index in [0.717, 1.165) is 5.56 Å². The Bertz CT molecular complexity index is 1480. The van der Waals surface area contributed by atoms with Crippen molar-refractivity contribution >= 4 is 40.2 Å². The van der Waals surface area contributed by atoms with Crippen molar-refractivity contribution in [3.63, 3.8) is 0 Å². The van der Waals surface area contributed by atoms with E-state index in [0.29, 0.717) is 60.8 Å². The van der Waals surface area contributed by atoms with Crippen molar-refractivity contribution in [3.05, 3.63) is 88.8 Å². The first kappa shape index (κ1) is 24.2. The van der Waals surface area contributed by atoms with E-state index in [4.69, 9.17) is 0 Å². The summed E-state index contributed by atoms with van der Waals surface area (Å²) in [6, 6.07) is 20.5. The van der Waals surface area contributed by atoms with E-state index in [9.17, 15) is 14.4 Å². The molecule has 2 amide bonds. The topological polar surface area (TPSA) is 109 Å². The van der Waals surface area contributed by atoms with Gasteiger partial charge < -0.3 is 15.5 Å². The average Bonchev–Trinajstić information content (AvgIpc) is 2.91. The van der Waals surface area contributed by atoms with Gasteiger partial charge in [0.1, 0.15) is 5.52 Å². The molecule has 0 spiro atoms. The molecule has 0 atom stereocenters. The number of carbonyl (C=O) groups excluding carboxylic acids is 2. The molecule has 9 heteroatoms. The summed E-state index contributed by atoms with van der Waals surface area (Å²) in [5.41, 5.74) is 3.39. The van der Waals surface area contributed by atoms with Crippen LogP contribution in [0.25, 0.3) is 11.2 Å². The number of pyridine rings is 1. The zero-order chi connectivity index (χ0) is 25.8. The van der Waals surface area contributed by atoms with Crippen LogP contribution in [0, 0.1) is 5.92 Å². The molecule has 0 radical (unpaired) electrons. The predicted molar refractivity (Wildman–Crippen MR) is 144 cm³/mol. The third kappa shape index (κ3) is 5.50. The molecule has 1 saturated heterocycles. The smallest absolute Gasteiger partial charge is 0.295 e. The van der Waals surface area contributed by atoms with Crippen molar-refractivity contribution in [3.8, 4) is 0 Å². The molecule has 2 aromatic heterocycles. The number of hydrogen-bond acceptors (Lipinski definition) is 6. The van der Waals surface area contributed by atoms with E-state index in [1.165, 1.54) is 6.92 Å². The number of hydrogen-bond donors (Lipinski definition) is 2. The van der Waals surface area contributed by atoms with Crippen LogP contribution in [0.5, 0.6) is 0 Å². The minimum atomic E-state index is -0.183. The lowest BCUT2D eigenvalue weighted by Crippen LogP contribution is -2.42. The summed E-state index contributed by atoms with van der Waals surface area (Å²) >= 11 is 0. The maximum absolute atomic E-state index is 13.6. The second-order valence-electron chi connectivity index (χ2n) is 9.17. The largest absolute Gasteiger partial charge is 0.352 e. The first-order chi connectivity index (χ1) is 18.0. The van der Waals surface area contributed by atoms with E-state index in [1.54, 1.807) is 35.0 Å². The molecule has 5 rings (SSSR count). The summed E-state index contributed by atoms with van der Waals surface area (Å²) < 4.78 is 1.68. The Kier molecular flexibility index (Phi) is 6.93. The van der Waals surface area contributed by atoms with Gasteiger partial charge >= 0.3 is 0 Å². The fourth-order valence-corrected chi connectivity index (χ4v) is 4.62. The van der Waals surface area contributed by atoms with Gasteiger partial charge in [-0.25, -0.2) is 9.97 Å². The number of carbonyl (C=O) groups is 2. The molecular weight excluding hydrogens is 468 g/mol. The van der Waals surface area contributed by atoms with E-state index >= 15 is 0 Å². The summed E-state index contributed by atoms with van der Waals surface area (Å²) in [5.74, 6) is 0.0282. The van der Waals surface area contributed by atoms with Crippen molar-refractivity contribution in [1.82, 2.24) is 14.5 Å². The van der Waals surface area contributed by atoms with Crippen LogP contribution >= 0.6 is 0 Å². The van der Waals surface area contributed by atoms with Gasteiger partial charge in [0.2, 0.25) is 11.8 Å². The van der Waals surface area contributed by atoms with Crippen LogP contribution in [-0.2, 0) is 16.1 Å². The van der Waals surface area contributed by atoms with Crippen LogP contribution in [0.3, 0.4) is 0 Å². The van der Waals surface area contributed by atoms with E-state index in [-0.39, 0.29) is 23.3 Å². The van der Waals surface area contributed by atoms with Gasteiger partial charge in [-0.15, -0.1) is 0 Å². The average molecular weight is 497 g/mol. The number of anilines is 3. The number of benzene rings is 2. The third-order valence-electron chi connectivity index (χ3n) is 6.51. The van der Waals surface area contributed by atoms with Crippen molar-refractivity contribution in [2.24, 2.45) is 5.92 Å². The molecule has 4 aromatic rings. The van der Waals surface area contributed by atoms with Crippen LogP contribution in [0.1, 0.15) is 25.3 Å². The molecule has 2 aromatic carbocycles. The van der Waals surface area contributed by atoms with Gasteiger partial charge in [0, 0.05) is 43.5 Å². The van der Waals surface area contributed by atoms with Gasteiger partial charge in [-0.3, -0.25) is 19.0 Å². The Morgan fingerprint density at radius 2 is 1.59 bits per heavy atom. The second kappa shape index (κ2) is 10.6. The second-order valence-corrected chi connectivity index (χ2v) is 9.17. The summed E-state index contributed by atoms with van der Waals surface area (Å²) in [4.78, 5) is 48.7. The first-order valence-electron chi connectivity index (χ1n) is 12.3. The molecule has 37 heavy (non-hydrogen) atoms. The highest BCUT2D eigenvalue weighted by Gasteiger charge is 2.28. The maximum atomic E-state index is 13.6. The molecule has 1 aliphatic heterocycles. The standard InChI is InChI=1S/C28H28N6O3/c1-19(35)30-22-9-11-23(12-10-22)31-27(36)21-13-16-33(17-14-21)26-28(37)34(18-20-6-3-2-4-7-20)25-24(32-26)8-5-15-29-25/h2-12,15,21H,13-14,16-18H2,1H3,(H,30,35)(H,31,36). The molecule has 0 aliphatic carbocycles. The number of nitrogens with zero attached hydrogens (tertiary/aromatic N) is 4. The fourth-order valence-electron chi connectivity index (χ4n) is 4.62. The Balaban J connectivity index is 1.30. The third-order valence-corrected chi connectivity index (χ3v) is 6.51. The highest BCUT2D eigenvalue weighted by Crippen LogP contribution is 2.23. The van der Waals surface area contributed by atoms with Crippen LogP contribution in [-0.4, -0.2) is 39.4 Å². The molecular formula is C28H28N6O3. The molecule has 9 nitrogen and oxygen atoms in total. The summed E-state index contributed by atoms with van der Waals surface area (Å²) in [7, 11) is 0. The molecule has 0 unspecified atom stereocenters. The monoisotopic (exact) mass is 496 g/mol. The molecule has 2 N–H and O–H groups in total. The highest BCUT2D eigenvalue weighted by molar-refractivity contribution is 5.93. The highest BCUT2D eigenvalue weighted by atomic mass is 16.2. The van der Waals surface area contributed by atoms with Crippen molar-refractivity contribution in [2.45, 2.75) is 26.3 Å². The van der Waals surface area contributed by atoms with Crippen LogP contribution < -0.4 is 21.1 Å². The minimum Gasteiger partial charge on any atom is -0.352 e. The molecule has 3 heterocycles. The number of amides is 2. The molecule has 1 aliphatic rings. The Hall–Kier alpha value is -4.53. The number of nitrogens with one attached hydrogen (secondary N) is 2. The van der Waals surface area contributed by atoms with Gasteiger partial charge in [0.15, 0.2) is 11.5 Å². The lowest BCUT2D eigenvalue weighted by molar-refractivity contribution is -0.120. The Labute approximate surface area is 214 Å². The van der Waals surface area contributed by atoms with E-state index < -0.39 is 0 Å². The lowest BCUT2D eigenvalue weighted by atomic mass is 9.96. The first-order valence-corrected chi connectivity index (χ1v) is 12.3. The van der Waals surface area contributed by atoms with Crippen LogP contribution in [0.15, 0.2) is 77.7 Å².